The number of aromatic nitrogens is 4. The lowest BCUT2D eigenvalue weighted by Gasteiger charge is -2.07. The van der Waals surface area contributed by atoms with E-state index in [1.165, 1.54) is 0 Å². The second-order valence-electron chi connectivity index (χ2n) is 6.06. The van der Waals surface area contributed by atoms with E-state index in [4.69, 9.17) is 19.0 Å². The third-order valence-corrected chi connectivity index (χ3v) is 5.22. The molecule has 0 aliphatic heterocycles. The van der Waals surface area contributed by atoms with Crippen molar-refractivity contribution in [2.45, 2.75) is 17.5 Å². The first-order valence-corrected chi connectivity index (χ1v) is 9.81. The lowest BCUT2D eigenvalue weighted by molar-refractivity contribution is 0.186. The van der Waals surface area contributed by atoms with Gasteiger partial charge in [0.1, 0.15) is 5.75 Å². The second-order valence-corrected chi connectivity index (χ2v) is 7.00. The number of benzene rings is 2. The molecule has 0 N–H and O–H groups in total. The van der Waals surface area contributed by atoms with Crippen LogP contribution in [0.4, 0.5) is 0 Å². The SMILES string of the molecule is COCCn1c(SCc2nc(-c3cccc(OC)c3)no2)nc2ccccc21. The Hall–Kier alpha value is -2.84. The number of imidazole rings is 1. The number of nitrogens with zero attached hydrogens (tertiary/aromatic N) is 4. The molecule has 0 atom stereocenters. The van der Waals surface area contributed by atoms with Gasteiger partial charge in [0.2, 0.25) is 11.7 Å². The van der Waals surface area contributed by atoms with E-state index in [0.29, 0.717) is 24.1 Å². The molecule has 28 heavy (non-hydrogen) atoms. The van der Waals surface area contributed by atoms with Crippen LogP contribution >= 0.6 is 11.8 Å². The Balaban J connectivity index is 1.53. The minimum Gasteiger partial charge on any atom is -0.497 e. The fourth-order valence-electron chi connectivity index (χ4n) is 2.88. The van der Waals surface area contributed by atoms with Crippen LogP contribution in [0.2, 0.25) is 0 Å². The fourth-order valence-corrected chi connectivity index (χ4v) is 3.76. The molecule has 0 unspecified atom stereocenters. The molecule has 0 saturated heterocycles. The molecule has 0 amide bonds. The fraction of sp³-hybridized carbons (Fsp3) is 0.250. The highest BCUT2D eigenvalue weighted by atomic mass is 32.2. The third-order valence-electron chi connectivity index (χ3n) is 4.26. The molecule has 0 fully saturated rings. The van der Waals surface area contributed by atoms with Crippen LogP contribution in [0.5, 0.6) is 5.75 Å². The molecule has 2 heterocycles. The van der Waals surface area contributed by atoms with E-state index in [2.05, 4.69) is 20.8 Å². The Bertz CT molecular complexity index is 1080. The first-order chi connectivity index (χ1) is 13.8. The van der Waals surface area contributed by atoms with Crippen LogP contribution in [-0.2, 0) is 17.0 Å². The highest BCUT2D eigenvalue weighted by Gasteiger charge is 2.14. The van der Waals surface area contributed by atoms with Crippen LogP contribution < -0.4 is 4.74 Å². The van der Waals surface area contributed by atoms with E-state index < -0.39 is 0 Å². The molecule has 2 aromatic carbocycles. The highest BCUT2D eigenvalue weighted by molar-refractivity contribution is 7.98. The average Bonchev–Trinajstić information content (AvgIpc) is 3.35. The van der Waals surface area contributed by atoms with E-state index in [1.807, 2.05) is 42.5 Å². The summed E-state index contributed by atoms with van der Waals surface area (Å²) in [5, 5.41) is 4.99. The van der Waals surface area contributed by atoms with Crippen molar-refractivity contribution in [3.05, 3.63) is 54.4 Å². The summed E-state index contributed by atoms with van der Waals surface area (Å²) in [4.78, 5) is 9.23. The van der Waals surface area contributed by atoms with Gasteiger partial charge in [0.15, 0.2) is 5.16 Å². The molecule has 0 bridgehead atoms. The molecule has 0 saturated carbocycles. The minimum absolute atomic E-state index is 0.535. The van der Waals surface area contributed by atoms with Crippen molar-refractivity contribution < 1.29 is 14.0 Å². The molecule has 0 spiro atoms. The van der Waals surface area contributed by atoms with Crippen molar-refractivity contribution in [1.29, 1.82) is 0 Å². The predicted molar refractivity (Wildman–Crippen MR) is 107 cm³/mol. The lowest BCUT2D eigenvalue weighted by Crippen LogP contribution is -2.05. The number of thioether (sulfide) groups is 1. The van der Waals surface area contributed by atoms with Gasteiger partial charge in [-0.1, -0.05) is 41.2 Å². The van der Waals surface area contributed by atoms with Crippen molar-refractivity contribution in [2.24, 2.45) is 0 Å². The Kier molecular flexibility index (Phi) is 5.59. The maximum atomic E-state index is 5.42. The van der Waals surface area contributed by atoms with E-state index in [9.17, 15) is 0 Å². The number of hydrogen-bond donors (Lipinski definition) is 0. The van der Waals surface area contributed by atoms with Crippen LogP contribution in [0, 0.1) is 0 Å². The third kappa shape index (κ3) is 3.88. The first kappa shape index (κ1) is 18.5. The van der Waals surface area contributed by atoms with Gasteiger partial charge in [0.05, 0.1) is 30.5 Å². The van der Waals surface area contributed by atoms with Crippen LogP contribution in [0.1, 0.15) is 5.89 Å². The summed E-state index contributed by atoms with van der Waals surface area (Å²) < 4.78 is 18.1. The Morgan fingerprint density at radius 1 is 1.07 bits per heavy atom. The molecule has 8 heteroatoms. The summed E-state index contributed by atoms with van der Waals surface area (Å²) in [7, 11) is 3.33. The number of ether oxygens (including phenoxy) is 2. The zero-order valence-electron chi connectivity index (χ0n) is 15.7. The van der Waals surface area contributed by atoms with E-state index in [-0.39, 0.29) is 0 Å². The normalized spacial score (nSPS) is 11.2. The zero-order valence-corrected chi connectivity index (χ0v) is 16.5. The van der Waals surface area contributed by atoms with Crippen molar-refractivity contribution in [3.8, 4) is 17.1 Å². The lowest BCUT2D eigenvalue weighted by atomic mass is 10.2. The topological polar surface area (TPSA) is 75.2 Å². The molecule has 0 radical (unpaired) electrons. The number of hydrogen-bond acceptors (Lipinski definition) is 7. The van der Waals surface area contributed by atoms with Gasteiger partial charge in [-0.2, -0.15) is 4.98 Å². The molecular formula is C20H20N4O3S. The first-order valence-electron chi connectivity index (χ1n) is 8.82. The molecule has 0 aliphatic carbocycles. The van der Waals surface area contributed by atoms with Gasteiger partial charge in [0, 0.05) is 19.2 Å². The summed E-state index contributed by atoms with van der Waals surface area (Å²) in [5.74, 6) is 2.38. The number of para-hydroxylation sites is 2. The molecule has 4 aromatic rings. The van der Waals surface area contributed by atoms with Gasteiger partial charge < -0.3 is 18.6 Å². The van der Waals surface area contributed by atoms with Crippen LogP contribution in [0.3, 0.4) is 0 Å². The van der Waals surface area contributed by atoms with E-state index in [1.54, 1.807) is 26.0 Å². The van der Waals surface area contributed by atoms with Gasteiger partial charge in [-0.25, -0.2) is 4.98 Å². The maximum absolute atomic E-state index is 5.42. The summed E-state index contributed by atoms with van der Waals surface area (Å²) in [5.41, 5.74) is 2.90. The quantitative estimate of drug-likeness (QED) is 0.416. The smallest absolute Gasteiger partial charge is 0.237 e. The average molecular weight is 396 g/mol. The van der Waals surface area contributed by atoms with Crippen molar-refractivity contribution in [1.82, 2.24) is 19.7 Å². The number of fused-ring (bicyclic) bond motifs is 1. The Morgan fingerprint density at radius 3 is 2.82 bits per heavy atom. The number of methoxy groups -OCH3 is 2. The van der Waals surface area contributed by atoms with E-state index >= 15 is 0 Å². The molecule has 2 aromatic heterocycles. The van der Waals surface area contributed by atoms with Gasteiger partial charge in [0.25, 0.3) is 0 Å². The Morgan fingerprint density at radius 2 is 1.96 bits per heavy atom. The van der Waals surface area contributed by atoms with Crippen molar-refractivity contribution in [2.75, 3.05) is 20.8 Å². The second kappa shape index (κ2) is 8.45. The largest absolute Gasteiger partial charge is 0.497 e. The maximum Gasteiger partial charge on any atom is 0.237 e. The van der Waals surface area contributed by atoms with Crippen molar-refractivity contribution >= 4 is 22.8 Å². The van der Waals surface area contributed by atoms with Gasteiger partial charge in [-0.05, 0) is 24.3 Å². The molecule has 7 nitrogen and oxygen atoms in total. The number of rotatable bonds is 8. The highest BCUT2D eigenvalue weighted by Crippen LogP contribution is 2.27. The summed E-state index contributed by atoms with van der Waals surface area (Å²) >= 11 is 1.57. The monoisotopic (exact) mass is 396 g/mol. The zero-order chi connectivity index (χ0) is 19.3. The summed E-state index contributed by atoms with van der Waals surface area (Å²) in [6.45, 7) is 1.35. The summed E-state index contributed by atoms with van der Waals surface area (Å²) in [6.07, 6.45) is 0. The molecule has 4 rings (SSSR count). The molecule has 0 aliphatic rings. The Labute approximate surface area is 166 Å². The van der Waals surface area contributed by atoms with Crippen LogP contribution in [0.25, 0.3) is 22.4 Å². The molecule has 144 valence electrons. The standard InChI is InChI=1S/C20H20N4O3S/c1-25-11-10-24-17-9-4-3-8-16(17)21-20(24)28-13-18-22-19(23-27-18)14-6-5-7-15(12-14)26-2/h3-9,12H,10-11,13H2,1-2H3. The minimum atomic E-state index is 0.535. The van der Waals surface area contributed by atoms with Crippen LogP contribution in [-0.4, -0.2) is 40.5 Å². The van der Waals surface area contributed by atoms with Gasteiger partial charge in [-0.3, -0.25) is 0 Å². The van der Waals surface area contributed by atoms with Crippen molar-refractivity contribution in [3.63, 3.8) is 0 Å². The van der Waals surface area contributed by atoms with Gasteiger partial charge >= 0.3 is 0 Å². The summed E-state index contributed by atoms with van der Waals surface area (Å²) in [6, 6.07) is 15.7. The van der Waals surface area contributed by atoms with Crippen LogP contribution in [0.15, 0.2) is 58.2 Å². The van der Waals surface area contributed by atoms with Gasteiger partial charge in [-0.15, -0.1) is 0 Å². The van der Waals surface area contributed by atoms with E-state index in [0.717, 1.165) is 34.0 Å². The predicted octanol–water partition coefficient (Wildman–Crippen LogP) is 4.03. The molecular weight excluding hydrogens is 376 g/mol.